The molecule has 0 aliphatic heterocycles. The number of nitro groups is 1. The third-order valence-electron chi connectivity index (χ3n) is 4.19. The van der Waals surface area contributed by atoms with Gasteiger partial charge in [-0.25, -0.2) is 0 Å². The molecule has 1 unspecified atom stereocenters. The third-order valence-corrected chi connectivity index (χ3v) is 4.75. The largest absolute Gasteiger partial charge is 0.293 e. The van der Waals surface area contributed by atoms with Gasteiger partial charge in [-0.3, -0.25) is 19.9 Å². The summed E-state index contributed by atoms with van der Waals surface area (Å²) < 4.78 is 0. The molecule has 136 valence electrons. The maximum Gasteiger partial charge on any atom is 0.269 e. The van der Waals surface area contributed by atoms with Crippen LogP contribution in [0.5, 0.6) is 0 Å². The van der Waals surface area contributed by atoms with Gasteiger partial charge in [0.25, 0.3) is 5.69 Å². The minimum absolute atomic E-state index is 0.00147. The second-order valence-electron chi connectivity index (χ2n) is 5.95. The van der Waals surface area contributed by atoms with Crippen molar-refractivity contribution in [1.82, 2.24) is 4.98 Å². The van der Waals surface area contributed by atoms with Crippen molar-refractivity contribution in [2.75, 3.05) is 0 Å². The molecule has 0 saturated carbocycles. The Morgan fingerprint density at radius 1 is 1.11 bits per heavy atom. The zero-order valence-corrected chi connectivity index (χ0v) is 15.5. The van der Waals surface area contributed by atoms with Crippen molar-refractivity contribution in [2.24, 2.45) is 0 Å². The number of carbonyl (C=O) groups excluding carboxylic acids is 1. The summed E-state index contributed by atoms with van der Waals surface area (Å²) in [5.41, 5.74) is 1.90. The first-order chi connectivity index (χ1) is 13.0. The molecule has 0 spiro atoms. The second kappa shape index (κ2) is 8.29. The maximum absolute atomic E-state index is 13.1. The molecule has 7 heteroatoms. The first-order valence-corrected chi connectivity index (χ1v) is 8.84. The molecule has 1 atom stereocenters. The molecule has 0 aliphatic carbocycles. The van der Waals surface area contributed by atoms with Crippen LogP contribution in [0, 0.1) is 10.1 Å². The highest BCUT2D eigenvalue weighted by atomic mass is 35.5. The molecule has 1 aromatic heterocycles. The van der Waals surface area contributed by atoms with Gasteiger partial charge in [0.1, 0.15) is 0 Å². The van der Waals surface area contributed by atoms with Gasteiger partial charge in [-0.15, -0.1) is 0 Å². The standard InChI is InChI=1S/C20H14Cl2N2O3/c21-15-5-8-17(19(22)11-15)18(20(25)14-2-1-9-23-12-14)10-13-3-6-16(7-4-13)24(26)27/h1-9,11-12,18H,10H2. The number of halogens is 2. The smallest absolute Gasteiger partial charge is 0.269 e. The van der Waals surface area contributed by atoms with Crippen LogP contribution in [0.15, 0.2) is 67.0 Å². The highest BCUT2D eigenvalue weighted by molar-refractivity contribution is 6.35. The van der Waals surface area contributed by atoms with Crippen LogP contribution in [0.1, 0.15) is 27.4 Å². The fourth-order valence-corrected chi connectivity index (χ4v) is 3.37. The van der Waals surface area contributed by atoms with E-state index < -0.39 is 10.8 Å². The fourth-order valence-electron chi connectivity index (χ4n) is 2.83. The molecule has 3 rings (SSSR count). The molecule has 0 radical (unpaired) electrons. The minimum atomic E-state index is -0.569. The van der Waals surface area contributed by atoms with E-state index in [2.05, 4.69) is 4.98 Å². The molecule has 0 aliphatic rings. The molecule has 0 bridgehead atoms. The van der Waals surface area contributed by atoms with E-state index in [9.17, 15) is 14.9 Å². The topological polar surface area (TPSA) is 73.1 Å². The van der Waals surface area contributed by atoms with Crippen LogP contribution in [0.25, 0.3) is 0 Å². The van der Waals surface area contributed by atoms with Gasteiger partial charge < -0.3 is 0 Å². The average Bonchev–Trinajstić information content (AvgIpc) is 2.67. The summed E-state index contributed by atoms with van der Waals surface area (Å²) in [4.78, 5) is 27.5. The van der Waals surface area contributed by atoms with Crippen molar-refractivity contribution in [1.29, 1.82) is 0 Å². The molecular weight excluding hydrogens is 387 g/mol. The predicted octanol–water partition coefficient (Wildman–Crippen LogP) is 5.51. The number of nitrogens with zero attached hydrogens (tertiary/aromatic N) is 2. The summed E-state index contributed by atoms with van der Waals surface area (Å²) in [7, 11) is 0. The third kappa shape index (κ3) is 4.51. The Labute approximate surface area is 165 Å². The van der Waals surface area contributed by atoms with Gasteiger partial charge in [-0.2, -0.15) is 0 Å². The van der Waals surface area contributed by atoms with E-state index >= 15 is 0 Å². The number of pyridine rings is 1. The summed E-state index contributed by atoms with van der Waals surface area (Å²) >= 11 is 12.3. The Balaban J connectivity index is 1.99. The van der Waals surface area contributed by atoms with Gasteiger partial charge in [0, 0.05) is 40.1 Å². The molecular formula is C20H14Cl2N2O3. The summed E-state index contributed by atoms with van der Waals surface area (Å²) in [6.07, 6.45) is 3.44. The molecule has 27 heavy (non-hydrogen) atoms. The van der Waals surface area contributed by atoms with E-state index in [1.807, 2.05) is 0 Å². The molecule has 1 heterocycles. The van der Waals surface area contributed by atoms with Crippen LogP contribution in [0.4, 0.5) is 5.69 Å². The second-order valence-corrected chi connectivity index (χ2v) is 6.80. The highest BCUT2D eigenvalue weighted by Crippen LogP contribution is 2.32. The number of carbonyl (C=O) groups is 1. The maximum atomic E-state index is 13.1. The lowest BCUT2D eigenvalue weighted by Gasteiger charge is -2.18. The van der Waals surface area contributed by atoms with Crippen LogP contribution in [-0.2, 0) is 6.42 Å². The summed E-state index contributed by atoms with van der Waals surface area (Å²) in [6.45, 7) is 0. The Hall–Kier alpha value is -2.76. The van der Waals surface area contributed by atoms with E-state index in [0.717, 1.165) is 5.56 Å². The number of aromatic nitrogens is 1. The van der Waals surface area contributed by atoms with Crippen LogP contribution in [0.2, 0.25) is 10.0 Å². The molecule has 0 saturated heterocycles. The monoisotopic (exact) mass is 400 g/mol. The molecule has 3 aromatic rings. The number of benzene rings is 2. The summed E-state index contributed by atoms with van der Waals surface area (Å²) in [5.74, 6) is -0.703. The van der Waals surface area contributed by atoms with Gasteiger partial charge in [0.15, 0.2) is 5.78 Å². The van der Waals surface area contributed by atoms with Crippen molar-refractivity contribution < 1.29 is 9.72 Å². The first kappa shape index (κ1) is 19.0. The normalized spacial score (nSPS) is 11.8. The van der Waals surface area contributed by atoms with Crippen LogP contribution in [-0.4, -0.2) is 15.7 Å². The van der Waals surface area contributed by atoms with Crippen molar-refractivity contribution >= 4 is 34.7 Å². The number of ketones is 1. The van der Waals surface area contributed by atoms with Crippen LogP contribution in [0.3, 0.4) is 0 Å². The first-order valence-electron chi connectivity index (χ1n) is 8.08. The number of nitro benzene ring substituents is 1. The van der Waals surface area contributed by atoms with E-state index in [4.69, 9.17) is 23.2 Å². The van der Waals surface area contributed by atoms with Gasteiger partial charge >= 0.3 is 0 Å². The molecule has 0 N–H and O–H groups in total. The zero-order chi connectivity index (χ0) is 19.4. The molecule has 2 aromatic carbocycles. The van der Waals surface area contributed by atoms with Crippen molar-refractivity contribution in [3.05, 3.63) is 104 Å². The van der Waals surface area contributed by atoms with E-state index in [1.165, 1.54) is 18.3 Å². The van der Waals surface area contributed by atoms with Gasteiger partial charge in [-0.1, -0.05) is 41.4 Å². The number of hydrogen-bond acceptors (Lipinski definition) is 4. The van der Waals surface area contributed by atoms with E-state index in [0.29, 0.717) is 27.6 Å². The average molecular weight is 401 g/mol. The lowest BCUT2D eigenvalue weighted by Crippen LogP contribution is -2.16. The summed E-state index contributed by atoms with van der Waals surface area (Å²) in [6, 6.07) is 14.5. The van der Waals surface area contributed by atoms with Gasteiger partial charge in [0.2, 0.25) is 0 Å². The predicted molar refractivity (Wildman–Crippen MR) is 105 cm³/mol. The van der Waals surface area contributed by atoms with Gasteiger partial charge in [0.05, 0.1) is 10.8 Å². The SMILES string of the molecule is O=C(c1cccnc1)C(Cc1ccc([N+](=O)[O-])cc1)c1ccc(Cl)cc1Cl. The molecule has 0 fully saturated rings. The Morgan fingerprint density at radius 3 is 2.44 bits per heavy atom. The zero-order valence-electron chi connectivity index (χ0n) is 14.0. The number of Topliss-reactive ketones (excluding diaryl/α,β-unsaturated/α-hetero) is 1. The number of hydrogen-bond donors (Lipinski definition) is 0. The Morgan fingerprint density at radius 2 is 1.85 bits per heavy atom. The van der Waals surface area contributed by atoms with Crippen molar-refractivity contribution in [2.45, 2.75) is 12.3 Å². The quantitative estimate of drug-likeness (QED) is 0.310. The van der Waals surface area contributed by atoms with Crippen LogP contribution < -0.4 is 0 Å². The highest BCUT2D eigenvalue weighted by Gasteiger charge is 2.25. The number of non-ortho nitro benzene ring substituents is 1. The van der Waals surface area contributed by atoms with Gasteiger partial charge in [-0.05, 0) is 41.8 Å². The van der Waals surface area contributed by atoms with Crippen molar-refractivity contribution in [3.63, 3.8) is 0 Å². The lowest BCUT2D eigenvalue weighted by molar-refractivity contribution is -0.384. The van der Waals surface area contributed by atoms with Crippen LogP contribution >= 0.6 is 23.2 Å². The summed E-state index contributed by atoms with van der Waals surface area (Å²) in [5, 5.41) is 11.7. The minimum Gasteiger partial charge on any atom is -0.293 e. The number of rotatable bonds is 6. The van der Waals surface area contributed by atoms with E-state index in [1.54, 1.807) is 48.7 Å². The Kier molecular flexibility index (Phi) is 5.84. The van der Waals surface area contributed by atoms with E-state index in [-0.39, 0.29) is 11.5 Å². The Bertz CT molecular complexity index is 976. The lowest BCUT2D eigenvalue weighted by atomic mass is 9.86. The van der Waals surface area contributed by atoms with Crippen molar-refractivity contribution in [3.8, 4) is 0 Å². The molecule has 0 amide bonds. The molecule has 5 nitrogen and oxygen atoms in total. The fraction of sp³-hybridized carbons (Fsp3) is 0.100.